The second-order valence-corrected chi connectivity index (χ2v) is 6.42. The third-order valence-electron chi connectivity index (χ3n) is 3.07. The molecular formula is C17H31N3. The molecule has 0 aliphatic heterocycles. The predicted octanol–water partition coefficient (Wildman–Crippen LogP) is 4.02. The molecule has 1 aromatic rings. The molecule has 3 heteroatoms. The molecule has 0 saturated carbocycles. The Hall–Kier alpha value is -1.09. The second-order valence-electron chi connectivity index (χ2n) is 6.42. The summed E-state index contributed by atoms with van der Waals surface area (Å²) in [5, 5.41) is 3.44. The van der Waals surface area contributed by atoms with E-state index in [1.165, 1.54) is 5.56 Å². The quantitative estimate of drug-likeness (QED) is 0.739. The lowest BCUT2D eigenvalue weighted by atomic mass is 10.1. The highest BCUT2D eigenvalue weighted by Crippen LogP contribution is 2.16. The van der Waals surface area contributed by atoms with Gasteiger partial charge >= 0.3 is 0 Å². The number of anilines is 1. The van der Waals surface area contributed by atoms with Gasteiger partial charge in [0.1, 0.15) is 5.82 Å². The fourth-order valence-corrected chi connectivity index (χ4v) is 2.45. The number of hydrogen-bond acceptors (Lipinski definition) is 3. The van der Waals surface area contributed by atoms with Crippen LogP contribution in [0.1, 0.15) is 46.6 Å². The maximum atomic E-state index is 4.49. The van der Waals surface area contributed by atoms with Gasteiger partial charge in [0.15, 0.2) is 0 Å². The van der Waals surface area contributed by atoms with E-state index in [4.69, 9.17) is 0 Å². The normalized spacial score (nSPS) is 11.6. The van der Waals surface area contributed by atoms with E-state index in [1.54, 1.807) is 0 Å². The molecule has 0 radical (unpaired) electrons. The van der Waals surface area contributed by atoms with Crippen molar-refractivity contribution in [1.29, 1.82) is 0 Å². The Labute approximate surface area is 124 Å². The summed E-state index contributed by atoms with van der Waals surface area (Å²) < 4.78 is 0. The smallest absolute Gasteiger partial charge is 0.130 e. The molecule has 0 saturated heterocycles. The molecule has 0 bridgehead atoms. The van der Waals surface area contributed by atoms with E-state index in [-0.39, 0.29) is 0 Å². The van der Waals surface area contributed by atoms with E-state index >= 15 is 0 Å². The summed E-state index contributed by atoms with van der Waals surface area (Å²) in [5.74, 6) is 2.43. The summed E-state index contributed by atoms with van der Waals surface area (Å²) >= 11 is 0. The first-order valence-corrected chi connectivity index (χ1v) is 7.93. The second kappa shape index (κ2) is 8.96. The minimum atomic E-state index is 0.692. The lowest BCUT2D eigenvalue weighted by Gasteiger charge is -2.27. The van der Waals surface area contributed by atoms with Crippen LogP contribution in [0, 0.1) is 11.8 Å². The molecule has 1 N–H and O–H groups in total. The van der Waals surface area contributed by atoms with Crippen molar-refractivity contribution < 1.29 is 0 Å². The molecule has 20 heavy (non-hydrogen) atoms. The van der Waals surface area contributed by atoms with E-state index in [1.807, 2.05) is 12.3 Å². The maximum absolute atomic E-state index is 4.49. The Balaban J connectivity index is 2.75. The zero-order valence-electron chi connectivity index (χ0n) is 13.8. The summed E-state index contributed by atoms with van der Waals surface area (Å²) in [6.45, 7) is 15.6. The Morgan fingerprint density at radius 1 is 1.15 bits per heavy atom. The van der Waals surface area contributed by atoms with E-state index in [0.717, 1.165) is 38.4 Å². The molecule has 0 aliphatic rings. The number of nitrogens with zero attached hydrogens (tertiary/aromatic N) is 2. The third-order valence-corrected chi connectivity index (χ3v) is 3.07. The van der Waals surface area contributed by atoms with Crippen LogP contribution >= 0.6 is 0 Å². The molecule has 0 atom stereocenters. The first kappa shape index (κ1) is 17.0. The average Bonchev–Trinajstić information content (AvgIpc) is 2.36. The summed E-state index contributed by atoms with van der Waals surface area (Å²) in [5.41, 5.74) is 1.31. The number of hydrogen-bond donors (Lipinski definition) is 1. The van der Waals surface area contributed by atoms with Crippen molar-refractivity contribution in [2.24, 2.45) is 11.8 Å². The van der Waals surface area contributed by atoms with Crippen LogP contribution in [-0.2, 0) is 6.54 Å². The molecule has 0 aromatic carbocycles. The van der Waals surface area contributed by atoms with Crippen molar-refractivity contribution in [2.75, 3.05) is 25.0 Å². The molecule has 0 fully saturated rings. The van der Waals surface area contributed by atoms with Gasteiger partial charge < -0.3 is 5.32 Å². The first-order valence-electron chi connectivity index (χ1n) is 7.93. The van der Waals surface area contributed by atoms with Gasteiger partial charge in [0.05, 0.1) is 0 Å². The van der Waals surface area contributed by atoms with Crippen molar-refractivity contribution >= 4 is 5.82 Å². The van der Waals surface area contributed by atoms with Gasteiger partial charge in [-0.1, -0.05) is 40.7 Å². The fourth-order valence-electron chi connectivity index (χ4n) is 2.45. The highest BCUT2D eigenvalue weighted by Gasteiger charge is 2.12. The Kier molecular flexibility index (Phi) is 7.60. The molecule has 0 spiro atoms. The first-order chi connectivity index (χ1) is 9.52. The molecule has 1 aromatic heterocycles. The van der Waals surface area contributed by atoms with Crippen molar-refractivity contribution in [1.82, 2.24) is 9.88 Å². The Bertz CT molecular complexity index is 364. The zero-order chi connectivity index (χ0) is 15.0. The van der Waals surface area contributed by atoms with Gasteiger partial charge in [-0.05, 0) is 24.3 Å². The molecule has 1 heterocycles. The van der Waals surface area contributed by atoms with E-state index in [9.17, 15) is 0 Å². The summed E-state index contributed by atoms with van der Waals surface area (Å²) in [4.78, 5) is 7.03. The fraction of sp³-hybridized carbons (Fsp3) is 0.706. The van der Waals surface area contributed by atoms with Crippen molar-refractivity contribution in [2.45, 2.75) is 47.6 Å². The van der Waals surface area contributed by atoms with Gasteiger partial charge in [-0.3, -0.25) is 4.90 Å². The third kappa shape index (κ3) is 6.38. The van der Waals surface area contributed by atoms with Gasteiger partial charge in [0.2, 0.25) is 0 Å². The van der Waals surface area contributed by atoms with Crippen LogP contribution in [0.3, 0.4) is 0 Å². The Morgan fingerprint density at radius 2 is 1.80 bits per heavy atom. The van der Waals surface area contributed by atoms with Crippen LogP contribution < -0.4 is 5.32 Å². The Morgan fingerprint density at radius 3 is 2.35 bits per heavy atom. The number of rotatable bonds is 9. The van der Waals surface area contributed by atoms with Crippen LogP contribution in [0.15, 0.2) is 18.3 Å². The molecule has 0 unspecified atom stereocenters. The van der Waals surface area contributed by atoms with Crippen LogP contribution in [0.4, 0.5) is 5.82 Å². The summed E-state index contributed by atoms with van der Waals surface area (Å²) in [7, 11) is 0. The summed E-state index contributed by atoms with van der Waals surface area (Å²) in [6, 6.07) is 4.23. The van der Waals surface area contributed by atoms with Crippen molar-refractivity contribution in [3.63, 3.8) is 0 Å². The minimum absolute atomic E-state index is 0.692. The predicted molar refractivity (Wildman–Crippen MR) is 88.0 cm³/mol. The minimum Gasteiger partial charge on any atom is -0.370 e. The van der Waals surface area contributed by atoms with E-state index in [0.29, 0.717) is 11.8 Å². The number of aromatic nitrogens is 1. The van der Waals surface area contributed by atoms with Crippen LogP contribution in [-0.4, -0.2) is 29.5 Å². The van der Waals surface area contributed by atoms with Gasteiger partial charge in [0, 0.05) is 37.9 Å². The molecule has 1 rings (SSSR count). The highest BCUT2D eigenvalue weighted by atomic mass is 15.1. The highest BCUT2D eigenvalue weighted by molar-refractivity contribution is 5.43. The summed E-state index contributed by atoms with van der Waals surface area (Å²) in [6.07, 6.45) is 2.99. The van der Waals surface area contributed by atoms with Gasteiger partial charge in [-0.15, -0.1) is 0 Å². The van der Waals surface area contributed by atoms with Gasteiger partial charge in [0.25, 0.3) is 0 Å². The van der Waals surface area contributed by atoms with Crippen molar-refractivity contribution in [3.05, 3.63) is 23.9 Å². The van der Waals surface area contributed by atoms with Gasteiger partial charge in [-0.2, -0.15) is 0 Å². The van der Waals surface area contributed by atoms with Gasteiger partial charge in [-0.25, -0.2) is 4.98 Å². The molecule has 0 amide bonds. The van der Waals surface area contributed by atoms with Crippen LogP contribution in [0.2, 0.25) is 0 Å². The largest absolute Gasteiger partial charge is 0.370 e. The lowest BCUT2D eigenvalue weighted by molar-refractivity contribution is 0.211. The lowest BCUT2D eigenvalue weighted by Crippen LogP contribution is -2.31. The topological polar surface area (TPSA) is 28.2 Å². The number of pyridine rings is 1. The molecule has 0 aliphatic carbocycles. The monoisotopic (exact) mass is 277 g/mol. The SMILES string of the molecule is CCCNc1ncccc1CN(CC(C)C)CC(C)C. The molecule has 3 nitrogen and oxygen atoms in total. The molecular weight excluding hydrogens is 246 g/mol. The van der Waals surface area contributed by atoms with Crippen molar-refractivity contribution in [3.8, 4) is 0 Å². The average molecular weight is 277 g/mol. The standard InChI is InChI=1S/C17H31N3/c1-6-9-18-17-16(8-7-10-19-17)13-20(11-14(2)3)12-15(4)5/h7-8,10,14-15H,6,9,11-13H2,1-5H3,(H,18,19). The van der Waals surface area contributed by atoms with Crippen LogP contribution in [0.25, 0.3) is 0 Å². The number of nitrogens with one attached hydrogen (secondary N) is 1. The molecule has 114 valence electrons. The van der Waals surface area contributed by atoms with Crippen LogP contribution in [0.5, 0.6) is 0 Å². The van der Waals surface area contributed by atoms with E-state index < -0.39 is 0 Å². The maximum Gasteiger partial charge on any atom is 0.130 e. The van der Waals surface area contributed by atoms with E-state index in [2.05, 4.69) is 55.9 Å². The zero-order valence-corrected chi connectivity index (χ0v) is 13.8.